The molecule has 17 heavy (non-hydrogen) atoms. The quantitative estimate of drug-likeness (QED) is 0.858. The number of ether oxygens (including phenoxy) is 1. The maximum Gasteiger partial charge on any atom is 0.147 e. The Balaban J connectivity index is 1.77. The topological polar surface area (TPSA) is 42.4 Å². The second kappa shape index (κ2) is 6.07. The normalized spacial score (nSPS) is 21.6. The Morgan fingerprint density at radius 3 is 3.18 bits per heavy atom. The third kappa shape index (κ3) is 3.48. The lowest BCUT2D eigenvalue weighted by Crippen LogP contribution is -2.06. The molecule has 4 heteroatoms. The summed E-state index contributed by atoms with van der Waals surface area (Å²) in [7, 11) is 0. The fraction of sp³-hybridized carbons (Fsp3) is 0.615. The standard InChI is InChI=1S/C13H18FNO2/c14-12-9-15-7-6-11(12)13(16)5-1-3-10-4-2-8-17-10/h6-7,9-10,13,16H,1-5,8H2. The minimum Gasteiger partial charge on any atom is -0.388 e. The Hall–Kier alpha value is -1.00. The zero-order chi connectivity index (χ0) is 12.1. The maximum absolute atomic E-state index is 13.3. The molecule has 0 aromatic carbocycles. The number of rotatable bonds is 5. The third-order valence-electron chi connectivity index (χ3n) is 3.19. The van der Waals surface area contributed by atoms with E-state index in [1.165, 1.54) is 12.3 Å². The molecule has 1 fully saturated rings. The summed E-state index contributed by atoms with van der Waals surface area (Å²) in [5, 5.41) is 9.87. The molecule has 1 aromatic rings. The number of aliphatic hydroxyl groups is 1. The molecular formula is C13H18FNO2. The molecule has 1 aliphatic rings. The number of hydrogen-bond donors (Lipinski definition) is 1. The summed E-state index contributed by atoms with van der Waals surface area (Å²) in [5.74, 6) is -0.433. The Morgan fingerprint density at radius 1 is 1.59 bits per heavy atom. The first-order valence-electron chi connectivity index (χ1n) is 6.16. The van der Waals surface area contributed by atoms with Crippen LogP contribution in [0.15, 0.2) is 18.5 Å². The average Bonchev–Trinajstić information content (AvgIpc) is 2.82. The zero-order valence-electron chi connectivity index (χ0n) is 9.81. The van der Waals surface area contributed by atoms with Gasteiger partial charge in [-0.1, -0.05) is 0 Å². The molecular weight excluding hydrogens is 221 g/mol. The monoisotopic (exact) mass is 239 g/mol. The fourth-order valence-electron chi connectivity index (χ4n) is 2.22. The van der Waals surface area contributed by atoms with Crippen molar-refractivity contribution in [3.05, 3.63) is 29.8 Å². The molecule has 0 amide bonds. The Kier molecular flexibility index (Phi) is 4.45. The predicted octanol–water partition coefficient (Wildman–Crippen LogP) is 2.60. The first kappa shape index (κ1) is 12.5. The van der Waals surface area contributed by atoms with Gasteiger partial charge in [-0.15, -0.1) is 0 Å². The van der Waals surface area contributed by atoms with Crippen LogP contribution in [0.25, 0.3) is 0 Å². The molecule has 94 valence electrons. The Morgan fingerprint density at radius 2 is 2.47 bits per heavy atom. The lowest BCUT2D eigenvalue weighted by Gasteiger charge is -2.13. The zero-order valence-corrected chi connectivity index (χ0v) is 9.81. The highest BCUT2D eigenvalue weighted by Crippen LogP contribution is 2.24. The molecule has 0 radical (unpaired) electrons. The van der Waals surface area contributed by atoms with Gasteiger partial charge in [0.25, 0.3) is 0 Å². The van der Waals surface area contributed by atoms with Crippen LogP contribution in [0.1, 0.15) is 43.8 Å². The number of aromatic nitrogens is 1. The van der Waals surface area contributed by atoms with Gasteiger partial charge in [0.05, 0.1) is 18.4 Å². The van der Waals surface area contributed by atoms with E-state index in [1.54, 1.807) is 0 Å². The van der Waals surface area contributed by atoms with E-state index in [4.69, 9.17) is 4.74 Å². The van der Waals surface area contributed by atoms with Gasteiger partial charge in [-0.25, -0.2) is 4.39 Å². The summed E-state index contributed by atoms with van der Waals surface area (Å²) in [4.78, 5) is 3.66. The summed E-state index contributed by atoms with van der Waals surface area (Å²) in [5.41, 5.74) is 0.340. The summed E-state index contributed by atoms with van der Waals surface area (Å²) in [6.45, 7) is 0.853. The Labute approximate surface area is 101 Å². The van der Waals surface area contributed by atoms with E-state index >= 15 is 0 Å². The van der Waals surface area contributed by atoms with Crippen LogP contribution in [0, 0.1) is 5.82 Å². The second-order valence-corrected chi connectivity index (χ2v) is 4.48. The van der Waals surface area contributed by atoms with Crippen molar-refractivity contribution in [3.63, 3.8) is 0 Å². The van der Waals surface area contributed by atoms with Crippen LogP contribution in [0.3, 0.4) is 0 Å². The van der Waals surface area contributed by atoms with Crippen molar-refractivity contribution >= 4 is 0 Å². The first-order valence-corrected chi connectivity index (χ1v) is 6.16. The van der Waals surface area contributed by atoms with Crippen molar-refractivity contribution in [2.45, 2.75) is 44.3 Å². The summed E-state index contributed by atoms with van der Waals surface area (Å²) in [6, 6.07) is 1.53. The third-order valence-corrected chi connectivity index (χ3v) is 3.19. The molecule has 1 aliphatic heterocycles. The molecule has 1 aromatic heterocycles. The first-order chi connectivity index (χ1) is 8.27. The minimum absolute atomic E-state index is 0.337. The van der Waals surface area contributed by atoms with Crippen LogP contribution in [0.5, 0.6) is 0 Å². The van der Waals surface area contributed by atoms with E-state index in [2.05, 4.69) is 4.98 Å². The second-order valence-electron chi connectivity index (χ2n) is 4.48. The van der Waals surface area contributed by atoms with E-state index in [0.717, 1.165) is 38.5 Å². The maximum atomic E-state index is 13.3. The van der Waals surface area contributed by atoms with E-state index < -0.39 is 11.9 Å². The summed E-state index contributed by atoms with van der Waals surface area (Å²) in [6.07, 6.45) is 6.86. The molecule has 0 aliphatic carbocycles. The van der Waals surface area contributed by atoms with Crippen LogP contribution in [-0.4, -0.2) is 22.8 Å². The van der Waals surface area contributed by atoms with Crippen LogP contribution < -0.4 is 0 Å². The van der Waals surface area contributed by atoms with E-state index in [1.807, 2.05) is 0 Å². The van der Waals surface area contributed by atoms with Crippen molar-refractivity contribution in [3.8, 4) is 0 Å². The molecule has 1 saturated heterocycles. The van der Waals surface area contributed by atoms with Gasteiger partial charge in [0.2, 0.25) is 0 Å². The van der Waals surface area contributed by atoms with Crippen molar-refractivity contribution in [2.75, 3.05) is 6.61 Å². The highest BCUT2D eigenvalue weighted by atomic mass is 19.1. The van der Waals surface area contributed by atoms with Crippen molar-refractivity contribution < 1.29 is 14.2 Å². The Bertz CT molecular complexity index is 353. The molecule has 1 N–H and O–H groups in total. The smallest absolute Gasteiger partial charge is 0.147 e. The van der Waals surface area contributed by atoms with Crippen LogP contribution in [0.2, 0.25) is 0 Å². The van der Waals surface area contributed by atoms with E-state index in [0.29, 0.717) is 18.1 Å². The predicted molar refractivity (Wildman–Crippen MR) is 62.0 cm³/mol. The molecule has 0 saturated carbocycles. The molecule has 0 bridgehead atoms. The van der Waals surface area contributed by atoms with Gasteiger partial charge in [0, 0.05) is 18.4 Å². The van der Waals surface area contributed by atoms with Crippen molar-refractivity contribution in [1.82, 2.24) is 4.98 Å². The lowest BCUT2D eigenvalue weighted by atomic mass is 10.0. The van der Waals surface area contributed by atoms with Gasteiger partial charge in [0.15, 0.2) is 0 Å². The van der Waals surface area contributed by atoms with Gasteiger partial charge in [-0.05, 0) is 38.2 Å². The molecule has 3 nitrogen and oxygen atoms in total. The van der Waals surface area contributed by atoms with E-state index in [-0.39, 0.29) is 0 Å². The number of hydrogen-bond acceptors (Lipinski definition) is 3. The van der Waals surface area contributed by atoms with E-state index in [9.17, 15) is 9.50 Å². The van der Waals surface area contributed by atoms with Gasteiger partial charge >= 0.3 is 0 Å². The van der Waals surface area contributed by atoms with Crippen molar-refractivity contribution in [2.24, 2.45) is 0 Å². The van der Waals surface area contributed by atoms with Gasteiger partial charge < -0.3 is 9.84 Å². The highest BCUT2D eigenvalue weighted by molar-refractivity contribution is 5.15. The number of pyridine rings is 1. The van der Waals surface area contributed by atoms with Crippen LogP contribution in [0.4, 0.5) is 4.39 Å². The summed E-state index contributed by atoms with van der Waals surface area (Å²) < 4.78 is 18.8. The van der Waals surface area contributed by atoms with Crippen LogP contribution in [-0.2, 0) is 4.74 Å². The molecule has 2 atom stereocenters. The minimum atomic E-state index is -0.737. The van der Waals surface area contributed by atoms with Gasteiger partial charge in [-0.3, -0.25) is 4.98 Å². The number of nitrogens with zero attached hydrogens (tertiary/aromatic N) is 1. The molecule has 0 spiro atoms. The average molecular weight is 239 g/mol. The number of halogens is 1. The fourth-order valence-corrected chi connectivity index (χ4v) is 2.22. The highest BCUT2D eigenvalue weighted by Gasteiger charge is 2.17. The van der Waals surface area contributed by atoms with Crippen LogP contribution >= 0.6 is 0 Å². The lowest BCUT2D eigenvalue weighted by molar-refractivity contribution is 0.0940. The SMILES string of the molecule is OC(CCCC1CCCO1)c1ccncc1F. The molecule has 2 rings (SSSR count). The molecule has 2 unspecified atom stereocenters. The number of aliphatic hydroxyl groups excluding tert-OH is 1. The van der Waals surface area contributed by atoms with Gasteiger partial charge in [-0.2, -0.15) is 0 Å². The van der Waals surface area contributed by atoms with Gasteiger partial charge in [0.1, 0.15) is 5.82 Å². The molecule has 2 heterocycles. The van der Waals surface area contributed by atoms with Crippen molar-refractivity contribution in [1.29, 1.82) is 0 Å². The summed E-state index contributed by atoms with van der Waals surface area (Å²) >= 11 is 0. The largest absolute Gasteiger partial charge is 0.388 e.